The minimum atomic E-state index is -3.54. The number of rotatable bonds is 5. The molecule has 0 saturated heterocycles. The van der Waals surface area contributed by atoms with Crippen LogP contribution in [-0.2, 0) is 21.2 Å². The molecule has 0 spiro atoms. The maximum atomic E-state index is 10.9. The van der Waals surface area contributed by atoms with Crippen LogP contribution in [0, 0.1) is 0 Å². The fraction of sp³-hybridized carbons (Fsp3) is 0.429. The number of aromatic amines is 1. The number of sulfonamides is 1. The van der Waals surface area contributed by atoms with Gasteiger partial charge in [0.05, 0.1) is 12.6 Å². The van der Waals surface area contributed by atoms with Gasteiger partial charge >= 0.3 is 5.97 Å². The largest absolute Gasteiger partial charge is 0.480 e. The highest BCUT2D eigenvalue weighted by Gasteiger charge is 2.22. The maximum Gasteiger partial charge on any atom is 0.322 e. The van der Waals surface area contributed by atoms with Crippen LogP contribution in [-0.4, -0.2) is 41.8 Å². The number of H-pyrrole nitrogens is 1. The van der Waals surface area contributed by atoms with E-state index in [0.29, 0.717) is 5.69 Å². The smallest absolute Gasteiger partial charge is 0.322 e. The molecule has 15 heavy (non-hydrogen) atoms. The highest BCUT2D eigenvalue weighted by atomic mass is 32.2. The maximum absolute atomic E-state index is 10.9. The molecule has 0 bridgehead atoms. The Morgan fingerprint density at radius 2 is 2.40 bits per heavy atom. The second-order valence-corrected chi connectivity index (χ2v) is 4.84. The molecule has 0 aliphatic rings. The Balaban J connectivity index is 2.72. The minimum Gasteiger partial charge on any atom is -0.480 e. The van der Waals surface area contributed by atoms with Crippen molar-refractivity contribution in [3.63, 3.8) is 0 Å². The molecule has 0 aromatic carbocycles. The molecular formula is C7H11N3O4S. The summed E-state index contributed by atoms with van der Waals surface area (Å²) in [6.45, 7) is 0. The van der Waals surface area contributed by atoms with Crippen LogP contribution in [0.2, 0.25) is 0 Å². The summed E-state index contributed by atoms with van der Waals surface area (Å²) in [4.78, 5) is 17.1. The Morgan fingerprint density at radius 3 is 2.80 bits per heavy atom. The number of hydrogen-bond donors (Lipinski definition) is 3. The van der Waals surface area contributed by atoms with Crippen LogP contribution < -0.4 is 4.72 Å². The zero-order valence-corrected chi connectivity index (χ0v) is 8.78. The van der Waals surface area contributed by atoms with Crippen molar-refractivity contribution < 1.29 is 18.3 Å². The monoisotopic (exact) mass is 233 g/mol. The van der Waals surface area contributed by atoms with Gasteiger partial charge in [0, 0.05) is 18.3 Å². The molecule has 1 aromatic rings. The Hall–Kier alpha value is -1.41. The summed E-state index contributed by atoms with van der Waals surface area (Å²) in [5.74, 6) is -1.23. The molecule has 1 rings (SSSR count). The van der Waals surface area contributed by atoms with E-state index in [9.17, 15) is 13.2 Å². The van der Waals surface area contributed by atoms with E-state index in [1.54, 1.807) is 0 Å². The number of carboxylic acids is 1. The van der Waals surface area contributed by atoms with Crippen molar-refractivity contribution in [1.82, 2.24) is 14.7 Å². The summed E-state index contributed by atoms with van der Waals surface area (Å²) in [7, 11) is -3.54. The van der Waals surface area contributed by atoms with Crippen LogP contribution in [0.5, 0.6) is 0 Å². The normalized spacial score (nSPS) is 13.7. The molecule has 0 aliphatic carbocycles. The van der Waals surface area contributed by atoms with Crippen LogP contribution >= 0.6 is 0 Å². The van der Waals surface area contributed by atoms with Gasteiger partial charge in [-0.3, -0.25) is 4.79 Å². The highest BCUT2D eigenvalue weighted by molar-refractivity contribution is 7.88. The molecule has 8 heteroatoms. The number of imidazole rings is 1. The first kappa shape index (κ1) is 11.7. The molecule has 84 valence electrons. The van der Waals surface area contributed by atoms with Gasteiger partial charge in [-0.2, -0.15) is 0 Å². The van der Waals surface area contributed by atoms with Gasteiger partial charge < -0.3 is 10.1 Å². The molecule has 0 unspecified atom stereocenters. The molecule has 0 saturated carbocycles. The van der Waals surface area contributed by atoms with E-state index in [-0.39, 0.29) is 6.42 Å². The van der Waals surface area contributed by atoms with E-state index in [1.165, 1.54) is 12.5 Å². The van der Waals surface area contributed by atoms with Gasteiger partial charge in [-0.15, -0.1) is 0 Å². The van der Waals surface area contributed by atoms with Crippen molar-refractivity contribution in [3.05, 3.63) is 18.2 Å². The standard InChI is InChI=1S/C7H11N3O4S/c1-15(13,14)10-6(7(11)12)2-5-3-8-4-9-5/h3-4,6,10H,2H2,1H3,(H,8,9)(H,11,12)/t6-/m1/s1. The van der Waals surface area contributed by atoms with E-state index in [0.717, 1.165) is 6.26 Å². The van der Waals surface area contributed by atoms with Crippen LogP contribution in [0.15, 0.2) is 12.5 Å². The molecule has 1 heterocycles. The summed E-state index contributed by atoms with van der Waals surface area (Å²) < 4.78 is 23.8. The average Bonchev–Trinajstić information content (AvgIpc) is 2.52. The predicted octanol–water partition coefficient (Wildman–Crippen LogP) is -1.05. The third kappa shape index (κ3) is 4.09. The first-order valence-electron chi connectivity index (χ1n) is 4.06. The summed E-state index contributed by atoms with van der Waals surface area (Å²) in [6, 6.07) is -1.18. The van der Waals surface area contributed by atoms with Gasteiger partial charge in [0.25, 0.3) is 0 Å². The third-order valence-corrected chi connectivity index (χ3v) is 2.35. The lowest BCUT2D eigenvalue weighted by molar-refractivity contribution is -0.138. The summed E-state index contributed by atoms with van der Waals surface area (Å²) >= 11 is 0. The number of carbonyl (C=O) groups is 1. The van der Waals surface area contributed by atoms with Gasteiger partial charge in [-0.05, 0) is 0 Å². The molecule has 1 atom stereocenters. The summed E-state index contributed by atoms with van der Waals surface area (Å²) in [5, 5.41) is 8.77. The van der Waals surface area contributed by atoms with Crippen LogP contribution in [0.25, 0.3) is 0 Å². The van der Waals surface area contributed by atoms with Gasteiger partial charge in [0.1, 0.15) is 6.04 Å². The van der Waals surface area contributed by atoms with E-state index >= 15 is 0 Å². The van der Waals surface area contributed by atoms with Gasteiger partial charge in [-0.1, -0.05) is 0 Å². The number of aliphatic carboxylic acids is 1. The van der Waals surface area contributed by atoms with Crippen molar-refractivity contribution in [2.24, 2.45) is 0 Å². The SMILES string of the molecule is CS(=O)(=O)N[C@H](Cc1cnc[nH]1)C(=O)O. The second kappa shape index (κ2) is 4.41. The summed E-state index contributed by atoms with van der Waals surface area (Å²) in [6.07, 6.45) is 3.78. The minimum absolute atomic E-state index is 0.0302. The average molecular weight is 233 g/mol. The van der Waals surface area contributed by atoms with Gasteiger partial charge in [0.15, 0.2) is 0 Å². The number of hydrogen-bond acceptors (Lipinski definition) is 4. The number of nitrogens with one attached hydrogen (secondary N) is 2. The lowest BCUT2D eigenvalue weighted by atomic mass is 10.2. The van der Waals surface area contributed by atoms with Crippen molar-refractivity contribution >= 4 is 16.0 Å². The Morgan fingerprint density at radius 1 is 1.73 bits per heavy atom. The molecule has 0 fully saturated rings. The van der Waals surface area contributed by atoms with Crippen molar-refractivity contribution in [2.75, 3.05) is 6.26 Å². The molecule has 0 radical (unpaired) electrons. The third-order valence-electron chi connectivity index (χ3n) is 1.63. The molecule has 0 amide bonds. The fourth-order valence-corrected chi connectivity index (χ4v) is 1.76. The number of carboxylic acid groups (broad SMARTS) is 1. The zero-order valence-electron chi connectivity index (χ0n) is 7.97. The molecule has 7 nitrogen and oxygen atoms in total. The lowest BCUT2D eigenvalue weighted by Crippen LogP contribution is -2.41. The molecule has 3 N–H and O–H groups in total. The number of nitrogens with zero attached hydrogens (tertiary/aromatic N) is 1. The summed E-state index contributed by atoms with van der Waals surface area (Å²) in [5.41, 5.74) is 0.554. The Kier molecular flexibility index (Phi) is 3.43. The number of aromatic nitrogens is 2. The van der Waals surface area contributed by atoms with Crippen molar-refractivity contribution in [2.45, 2.75) is 12.5 Å². The lowest BCUT2D eigenvalue weighted by Gasteiger charge is -2.11. The van der Waals surface area contributed by atoms with E-state index in [4.69, 9.17) is 5.11 Å². The van der Waals surface area contributed by atoms with Crippen LogP contribution in [0.1, 0.15) is 5.69 Å². The van der Waals surface area contributed by atoms with Crippen LogP contribution in [0.4, 0.5) is 0 Å². The van der Waals surface area contributed by atoms with E-state index in [2.05, 4.69) is 9.97 Å². The topological polar surface area (TPSA) is 112 Å². The predicted molar refractivity (Wildman–Crippen MR) is 51.7 cm³/mol. The fourth-order valence-electron chi connectivity index (χ4n) is 1.05. The zero-order chi connectivity index (χ0) is 11.5. The second-order valence-electron chi connectivity index (χ2n) is 3.06. The van der Waals surface area contributed by atoms with Gasteiger partial charge in [0.2, 0.25) is 10.0 Å². The van der Waals surface area contributed by atoms with E-state index < -0.39 is 22.0 Å². The quantitative estimate of drug-likeness (QED) is 0.601. The molecule has 0 aliphatic heterocycles. The van der Waals surface area contributed by atoms with Crippen molar-refractivity contribution in [1.29, 1.82) is 0 Å². The highest BCUT2D eigenvalue weighted by Crippen LogP contribution is 1.99. The Bertz CT molecular complexity index is 425. The molecular weight excluding hydrogens is 222 g/mol. The van der Waals surface area contributed by atoms with E-state index in [1.807, 2.05) is 4.72 Å². The molecule has 1 aromatic heterocycles. The Labute approximate surface area is 86.6 Å². The van der Waals surface area contributed by atoms with Crippen LogP contribution in [0.3, 0.4) is 0 Å². The van der Waals surface area contributed by atoms with Gasteiger partial charge in [-0.25, -0.2) is 18.1 Å². The van der Waals surface area contributed by atoms with Crippen molar-refractivity contribution in [3.8, 4) is 0 Å². The first-order valence-corrected chi connectivity index (χ1v) is 5.95. The first-order chi connectivity index (χ1) is 6.88.